The molecule has 7 heteroatoms. The molecule has 6 nitrogen and oxygen atoms in total. The smallest absolute Gasteiger partial charge is 0.214 e. The summed E-state index contributed by atoms with van der Waals surface area (Å²) < 4.78 is 28.5. The van der Waals surface area contributed by atoms with Gasteiger partial charge >= 0.3 is 0 Å². The normalized spacial score (nSPS) is 18.3. The predicted octanol–water partition coefficient (Wildman–Crippen LogP) is 1.90. The van der Waals surface area contributed by atoms with Crippen molar-refractivity contribution in [3.63, 3.8) is 0 Å². The highest BCUT2D eigenvalue weighted by Gasteiger charge is 2.35. The van der Waals surface area contributed by atoms with Gasteiger partial charge in [-0.15, -0.1) is 0 Å². The molecule has 0 amide bonds. The quantitative estimate of drug-likeness (QED) is 0.840. The molecule has 2 aromatic rings. The van der Waals surface area contributed by atoms with E-state index in [-0.39, 0.29) is 5.25 Å². The summed E-state index contributed by atoms with van der Waals surface area (Å²) in [5.74, 6) is 0.568. The lowest BCUT2D eigenvalue weighted by Gasteiger charge is -2.08. The van der Waals surface area contributed by atoms with Crippen LogP contribution in [0.1, 0.15) is 37.3 Å². The van der Waals surface area contributed by atoms with Crippen molar-refractivity contribution in [1.82, 2.24) is 19.5 Å². The topological polar surface area (TPSA) is 76.9 Å². The van der Waals surface area contributed by atoms with E-state index >= 15 is 0 Å². The van der Waals surface area contributed by atoms with Gasteiger partial charge in [-0.25, -0.2) is 13.1 Å². The lowest BCUT2D eigenvalue weighted by Crippen LogP contribution is -2.30. The van der Waals surface area contributed by atoms with E-state index in [1.807, 2.05) is 16.8 Å². The average Bonchev–Trinajstić information content (AvgIpc) is 3.45. The first kappa shape index (κ1) is 14.8. The molecule has 2 saturated carbocycles. The molecule has 0 saturated heterocycles. The van der Waals surface area contributed by atoms with Gasteiger partial charge in [0.25, 0.3) is 0 Å². The molecule has 2 fully saturated rings. The van der Waals surface area contributed by atoms with Gasteiger partial charge in [-0.2, -0.15) is 5.10 Å². The zero-order valence-corrected chi connectivity index (χ0v) is 13.7. The van der Waals surface area contributed by atoms with E-state index in [9.17, 15) is 8.42 Å². The van der Waals surface area contributed by atoms with Crippen molar-refractivity contribution in [3.05, 3.63) is 36.3 Å². The summed E-state index contributed by atoms with van der Waals surface area (Å²) in [5, 5.41) is 4.50. The van der Waals surface area contributed by atoms with Crippen molar-refractivity contribution < 1.29 is 8.42 Å². The van der Waals surface area contributed by atoms with Crippen LogP contribution in [0, 0.1) is 0 Å². The molecule has 0 spiro atoms. The number of pyridine rings is 1. The Morgan fingerprint density at radius 1 is 1.17 bits per heavy atom. The molecular weight excluding hydrogens is 312 g/mol. The lowest BCUT2D eigenvalue weighted by atomic mass is 10.2. The largest absolute Gasteiger partial charge is 0.267 e. The minimum absolute atomic E-state index is 0.171. The Bertz CT molecular complexity index is 793. The van der Waals surface area contributed by atoms with Gasteiger partial charge in [0.05, 0.1) is 17.5 Å². The van der Waals surface area contributed by atoms with E-state index in [0.717, 1.165) is 24.1 Å². The Balaban J connectivity index is 1.49. The molecule has 0 atom stereocenters. The Hall–Kier alpha value is -1.73. The molecule has 23 heavy (non-hydrogen) atoms. The van der Waals surface area contributed by atoms with Crippen molar-refractivity contribution >= 4 is 10.0 Å². The monoisotopic (exact) mass is 332 g/mol. The number of sulfonamides is 1. The van der Waals surface area contributed by atoms with Gasteiger partial charge in [0, 0.05) is 36.1 Å². The Morgan fingerprint density at radius 3 is 2.57 bits per heavy atom. The van der Waals surface area contributed by atoms with Crippen LogP contribution in [-0.4, -0.2) is 35.0 Å². The average molecular weight is 332 g/mol. The zero-order valence-electron chi connectivity index (χ0n) is 12.9. The minimum Gasteiger partial charge on any atom is -0.267 e. The number of nitrogens with one attached hydrogen (secondary N) is 1. The van der Waals surface area contributed by atoms with Crippen LogP contribution in [0.5, 0.6) is 0 Å². The van der Waals surface area contributed by atoms with Crippen LogP contribution in [-0.2, 0) is 16.6 Å². The van der Waals surface area contributed by atoms with Crippen molar-refractivity contribution in [2.75, 3.05) is 6.54 Å². The van der Waals surface area contributed by atoms with Crippen LogP contribution >= 0.6 is 0 Å². The van der Waals surface area contributed by atoms with Gasteiger partial charge in [-0.3, -0.25) is 9.67 Å². The van der Waals surface area contributed by atoms with Crippen LogP contribution in [0.2, 0.25) is 0 Å². The summed E-state index contributed by atoms with van der Waals surface area (Å²) in [6, 6.07) is 6.01. The van der Waals surface area contributed by atoms with Gasteiger partial charge in [0.1, 0.15) is 0 Å². The molecule has 0 unspecified atom stereocenters. The fourth-order valence-corrected chi connectivity index (χ4v) is 4.14. The molecule has 2 aliphatic rings. The van der Waals surface area contributed by atoms with E-state index in [1.54, 1.807) is 12.4 Å². The van der Waals surface area contributed by atoms with Crippen molar-refractivity contribution in [2.45, 2.75) is 43.4 Å². The maximum absolute atomic E-state index is 11.9. The molecule has 122 valence electrons. The maximum atomic E-state index is 11.9. The van der Waals surface area contributed by atoms with Crippen molar-refractivity contribution in [2.24, 2.45) is 0 Å². The second-order valence-corrected chi connectivity index (χ2v) is 8.37. The Labute approximate surface area is 136 Å². The number of hydrogen-bond donors (Lipinski definition) is 1. The predicted molar refractivity (Wildman–Crippen MR) is 87.4 cm³/mol. The molecule has 0 aromatic carbocycles. The van der Waals surface area contributed by atoms with Crippen LogP contribution < -0.4 is 4.72 Å². The number of hydrogen-bond acceptors (Lipinski definition) is 4. The third kappa shape index (κ3) is 3.30. The fraction of sp³-hybridized carbons (Fsp3) is 0.500. The first-order chi connectivity index (χ1) is 11.1. The summed E-state index contributed by atoms with van der Waals surface area (Å²) >= 11 is 0. The molecule has 0 radical (unpaired) electrons. The van der Waals surface area contributed by atoms with E-state index in [0.29, 0.717) is 19.0 Å². The first-order valence-corrected chi connectivity index (χ1v) is 9.65. The SMILES string of the molecule is O=S(=O)(NCCn1nc(-c2ccncc2)cc1C1CC1)C1CC1. The maximum Gasteiger partial charge on any atom is 0.214 e. The van der Waals surface area contributed by atoms with Gasteiger partial charge in [-0.05, 0) is 43.9 Å². The highest BCUT2D eigenvalue weighted by Crippen LogP contribution is 2.41. The van der Waals surface area contributed by atoms with Gasteiger partial charge in [0.2, 0.25) is 10.0 Å². The Morgan fingerprint density at radius 2 is 1.91 bits per heavy atom. The highest BCUT2D eigenvalue weighted by molar-refractivity contribution is 7.90. The number of aromatic nitrogens is 3. The summed E-state index contributed by atoms with van der Waals surface area (Å²) in [7, 11) is -3.12. The highest BCUT2D eigenvalue weighted by atomic mass is 32.2. The fourth-order valence-electron chi connectivity index (χ4n) is 2.77. The number of rotatable bonds is 7. The van der Waals surface area contributed by atoms with Crippen LogP contribution in [0.4, 0.5) is 0 Å². The second-order valence-electron chi connectivity index (χ2n) is 6.33. The van der Waals surface area contributed by atoms with E-state index in [2.05, 4.69) is 20.9 Å². The molecule has 0 bridgehead atoms. The van der Waals surface area contributed by atoms with Gasteiger partial charge in [-0.1, -0.05) is 0 Å². The second kappa shape index (κ2) is 5.72. The first-order valence-electron chi connectivity index (χ1n) is 8.10. The molecule has 2 aromatic heterocycles. The van der Waals surface area contributed by atoms with Crippen LogP contribution in [0.3, 0.4) is 0 Å². The molecule has 2 heterocycles. The number of nitrogens with zero attached hydrogens (tertiary/aromatic N) is 3. The molecule has 0 aliphatic heterocycles. The molecule has 2 aliphatic carbocycles. The van der Waals surface area contributed by atoms with Crippen LogP contribution in [0.15, 0.2) is 30.6 Å². The third-order valence-electron chi connectivity index (χ3n) is 4.37. The molecule has 4 rings (SSSR count). The summed E-state index contributed by atoms with van der Waals surface area (Å²) in [4.78, 5) is 4.04. The molecule has 1 N–H and O–H groups in total. The molecular formula is C16H20N4O2S. The van der Waals surface area contributed by atoms with Gasteiger partial charge < -0.3 is 0 Å². The summed E-state index contributed by atoms with van der Waals surface area (Å²) in [6.45, 7) is 0.971. The van der Waals surface area contributed by atoms with Gasteiger partial charge in [0.15, 0.2) is 0 Å². The third-order valence-corrected chi connectivity index (χ3v) is 6.33. The van der Waals surface area contributed by atoms with Crippen molar-refractivity contribution in [1.29, 1.82) is 0 Å². The van der Waals surface area contributed by atoms with E-state index < -0.39 is 10.0 Å². The minimum atomic E-state index is -3.12. The standard InChI is InChI=1S/C16H20N4O2S/c21-23(22,14-3-4-14)18-9-10-20-16(13-1-2-13)11-15(19-20)12-5-7-17-8-6-12/h5-8,11,13-14,18H,1-4,9-10H2. The summed E-state index contributed by atoms with van der Waals surface area (Å²) in [5.41, 5.74) is 3.18. The van der Waals surface area contributed by atoms with E-state index in [4.69, 9.17) is 0 Å². The van der Waals surface area contributed by atoms with E-state index in [1.165, 1.54) is 18.5 Å². The van der Waals surface area contributed by atoms with Crippen LogP contribution in [0.25, 0.3) is 11.3 Å². The Kier molecular flexibility index (Phi) is 3.69. The summed E-state index contributed by atoms with van der Waals surface area (Å²) in [6.07, 6.45) is 7.47. The lowest BCUT2D eigenvalue weighted by molar-refractivity contribution is 0.551. The van der Waals surface area contributed by atoms with Crippen molar-refractivity contribution in [3.8, 4) is 11.3 Å². The zero-order chi connectivity index (χ0) is 15.9.